The Bertz CT molecular complexity index is 1510. The molecular weight excluding hydrogens is 535 g/mol. The molecule has 0 radical (unpaired) electrons. The van der Waals surface area contributed by atoms with E-state index in [-0.39, 0.29) is 29.6 Å². The zero-order valence-corrected chi connectivity index (χ0v) is 24.8. The van der Waals surface area contributed by atoms with Gasteiger partial charge in [0.25, 0.3) is 0 Å². The van der Waals surface area contributed by atoms with E-state index < -0.39 is 11.8 Å². The minimum Gasteiger partial charge on any atom is -0.464 e. The number of esters is 1. The van der Waals surface area contributed by atoms with Crippen LogP contribution < -0.4 is 0 Å². The molecule has 1 aliphatic carbocycles. The fourth-order valence-electron chi connectivity index (χ4n) is 5.96. The molecule has 0 saturated carbocycles. The van der Waals surface area contributed by atoms with Crippen molar-refractivity contribution in [3.63, 3.8) is 0 Å². The predicted octanol–water partition coefficient (Wildman–Crippen LogP) is 6.86. The van der Waals surface area contributed by atoms with Crippen molar-refractivity contribution in [2.45, 2.75) is 83.7 Å². The first-order valence-electron chi connectivity index (χ1n) is 14.5. The summed E-state index contributed by atoms with van der Waals surface area (Å²) in [7, 11) is 1.35. The van der Waals surface area contributed by atoms with E-state index in [9.17, 15) is 14.0 Å². The van der Waals surface area contributed by atoms with Gasteiger partial charge in [0.15, 0.2) is 5.79 Å². The number of benzene rings is 1. The number of rotatable bonds is 7. The standard InChI is InChI=1S/C34H37FN2O5/c1-20(2)31-27(14-13-23-19-24(17-18-38)42-34(3,4)41-23)30(21-9-11-22(35)12-10-21)26-7-6-8-28-25(32(26)37-31)15-16-29(36-28)33(39)40-5/h9-16,18,20,23-24H,6-8,17,19H2,1-5H3/b14-13+/t23-,24+/m1/s1. The van der Waals surface area contributed by atoms with Gasteiger partial charge < -0.3 is 19.0 Å². The summed E-state index contributed by atoms with van der Waals surface area (Å²) in [6.45, 7) is 7.92. The summed E-state index contributed by atoms with van der Waals surface area (Å²) in [5.41, 5.74) is 7.61. The van der Waals surface area contributed by atoms with Gasteiger partial charge in [0, 0.05) is 24.0 Å². The lowest BCUT2D eigenvalue weighted by Gasteiger charge is -2.39. The van der Waals surface area contributed by atoms with Crippen LogP contribution in [0, 0.1) is 5.82 Å². The summed E-state index contributed by atoms with van der Waals surface area (Å²) >= 11 is 0. The molecule has 1 saturated heterocycles. The highest BCUT2D eigenvalue weighted by molar-refractivity contribution is 5.89. The average Bonchev–Trinajstić information content (AvgIpc) is 3.13. The topological polar surface area (TPSA) is 87.6 Å². The zero-order valence-electron chi connectivity index (χ0n) is 24.8. The second-order valence-corrected chi connectivity index (χ2v) is 11.6. The predicted molar refractivity (Wildman–Crippen MR) is 158 cm³/mol. The van der Waals surface area contributed by atoms with Crippen molar-refractivity contribution >= 4 is 18.3 Å². The Morgan fingerprint density at radius 2 is 1.88 bits per heavy atom. The largest absolute Gasteiger partial charge is 0.464 e. The van der Waals surface area contributed by atoms with Crippen molar-refractivity contribution in [1.82, 2.24) is 9.97 Å². The second kappa shape index (κ2) is 12.2. The minimum absolute atomic E-state index is 0.0676. The molecule has 1 aliphatic heterocycles. The van der Waals surface area contributed by atoms with Crippen molar-refractivity contribution < 1.29 is 28.2 Å². The monoisotopic (exact) mass is 572 g/mol. The normalized spacial score (nSPS) is 19.7. The number of hydrogen-bond donors (Lipinski definition) is 0. The number of hydrogen-bond acceptors (Lipinski definition) is 7. The van der Waals surface area contributed by atoms with Gasteiger partial charge in [-0.3, -0.25) is 4.98 Å². The maximum absolute atomic E-state index is 14.1. The fraction of sp³-hybridized carbons (Fsp3) is 0.412. The third kappa shape index (κ3) is 6.20. The number of ether oxygens (including phenoxy) is 3. The van der Waals surface area contributed by atoms with Crippen LogP contribution in [0.3, 0.4) is 0 Å². The molecule has 0 bridgehead atoms. The van der Waals surface area contributed by atoms with E-state index in [1.807, 2.05) is 38.1 Å². The molecule has 2 atom stereocenters. The smallest absolute Gasteiger partial charge is 0.356 e. The maximum Gasteiger partial charge on any atom is 0.356 e. The Labute approximate surface area is 246 Å². The van der Waals surface area contributed by atoms with E-state index in [0.717, 1.165) is 64.0 Å². The first-order chi connectivity index (χ1) is 20.1. The van der Waals surface area contributed by atoms with Crippen LogP contribution in [0.15, 0.2) is 42.5 Å². The SMILES string of the molecule is COC(=O)c1ccc2c(n1)CCCc1c-2nc(C(C)C)c(/C=C/[C@@H]2C[C@H](CC=O)OC(C)(C)O2)c1-c1ccc(F)cc1. The third-order valence-corrected chi connectivity index (χ3v) is 7.73. The van der Waals surface area contributed by atoms with Gasteiger partial charge in [-0.25, -0.2) is 14.2 Å². The average molecular weight is 573 g/mol. The minimum atomic E-state index is -0.826. The summed E-state index contributed by atoms with van der Waals surface area (Å²) < 4.78 is 31.1. The first-order valence-corrected chi connectivity index (χ1v) is 14.5. The molecule has 8 heteroatoms. The summed E-state index contributed by atoms with van der Waals surface area (Å²) in [6.07, 6.45) is 7.57. The Hall–Kier alpha value is -3.75. The summed E-state index contributed by atoms with van der Waals surface area (Å²) in [6, 6.07) is 10.2. The molecule has 1 fully saturated rings. The lowest BCUT2D eigenvalue weighted by Crippen LogP contribution is -2.44. The summed E-state index contributed by atoms with van der Waals surface area (Å²) in [5.74, 6) is -1.53. The van der Waals surface area contributed by atoms with Crippen molar-refractivity contribution in [3.05, 3.63) is 76.5 Å². The fourth-order valence-corrected chi connectivity index (χ4v) is 5.96. The lowest BCUT2D eigenvalue weighted by atomic mass is 9.86. The molecule has 0 N–H and O–H groups in total. The molecule has 42 heavy (non-hydrogen) atoms. The van der Waals surface area contributed by atoms with Gasteiger partial charge in [-0.2, -0.15) is 0 Å². The van der Waals surface area contributed by atoms with Gasteiger partial charge in [-0.05, 0) is 80.0 Å². The van der Waals surface area contributed by atoms with Crippen LogP contribution in [-0.2, 0) is 31.8 Å². The summed E-state index contributed by atoms with van der Waals surface area (Å²) in [4.78, 5) is 33.4. The Balaban J connectivity index is 1.70. The second-order valence-electron chi connectivity index (χ2n) is 11.6. The molecule has 2 aliphatic rings. The molecule has 2 aromatic heterocycles. The lowest BCUT2D eigenvalue weighted by molar-refractivity contribution is -0.289. The van der Waals surface area contributed by atoms with Crippen LogP contribution in [0.4, 0.5) is 4.39 Å². The number of methoxy groups -OCH3 is 1. The Morgan fingerprint density at radius 3 is 2.57 bits per heavy atom. The van der Waals surface area contributed by atoms with Gasteiger partial charge in [-0.15, -0.1) is 0 Å². The molecule has 1 aromatic carbocycles. The van der Waals surface area contributed by atoms with Crippen LogP contribution in [0.25, 0.3) is 28.5 Å². The van der Waals surface area contributed by atoms with Crippen molar-refractivity contribution in [2.75, 3.05) is 7.11 Å². The number of halogens is 1. The van der Waals surface area contributed by atoms with E-state index in [1.54, 1.807) is 6.07 Å². The highest BCUT2D eigenvalue weighted by atomic mass is 19.1. The van der Waals surface area contributed by atoms with E-state index in [4.69, 9.17) is 19.2 Å². The number of aromatic nitrogens is 2. The zero-order chi connectivity index (χ0) is 30.0. The number of aryl methyl sites for hydroxylation is 1. The molecule has 7 nitrogen and oxygen atoms in total. The number of pyridine rings is 2. The van der Waals surface area contributed by atoms with E-state index in [1.165, 1.54) is 19.2 Å². The van der Waals surface area contributed by atoms with Crippen LogP contribution in [-0.4, -0.2) is 47.3 Å². The van der Waals surface area contributed by atoms with Gasteiger partial charge >= 0.3 is 5.97 Å². The number of aldehydes is 1. The van der Waals surface area contributed by atoms with Crippen molar-refractivity contribution in [1.29, 1.82) is 0 Å². The molecular formula is C34H37FN2O5. The van der Waals surface area contributed by atoms with E-state index >= 15 is 0 Å². The molecule has 5 rings (SSSR count). The van der Waals surface area contributed by atoms with Crippen molar-refractivity contribution in [2.24, 2.45) is 0 Å². The van der Waals surface area contributed by atoms with E-state index in [2.05, 4.69) is 24.9 Å². The number of fused-ring (bicyclic) bond motifs is 3. The van der Waals surface area contributed by atoms with Crippen LogP contribution in [0.1, 0.15) is 85.9 Å². The number of carbonyl (C=O) groups excluding carboxylic acids is 2. The van der Waals surface area contributed by atoms with E-state index in [0.29, 0.717) is 19.3 Å². The molecule has 3 heterocycles. The van der Waals surface area contributed by atoms with Crippen LogP contribution in [0.2, 0.25) is 0 Å². The highest BCUT2D eigenvalue weighted by Gasteiger charge is 2.34. The van der Waals surface area contributed by atoms with Gasteiger partial charge in [0.2, 0.25) is 0 Å². The molecule has 0 unspecified atom stereocenters. The third-order valence-electron chi connectivity index (χ3n) is 7.73. The van der Waals surface area contributed by atoms with Gasteiger partial charge in [0.05, 0.1) is 36.4 Å². The Kier molecular flexibility index (Phi) is 8.66. The molecule has 220 valence electrons. The van der Waals surface area contributed by atoms with Gasteiger partial charge in [-0.1, -0.05) is 38.1 Å². The number of nitrogens with zero attached hydrogens (tertiary/aromatic N) is 2. The van der Waals surface area contributed by atoms with Crippen LogP contribution >= 0.6 is 0 Å². The highest BCUT2D eigenvalue weighted by Crippen LogP contribution is 2.42. The van der Waals surface area contributed by atoms with Gasteiger partial charge in [0.1, 0.15) is 17.8 Å². The maximum atomic E-state index is 14.1. The van der Waals surface area contributed by atoms with Crippen molar-refractivity contribution in [3.8, 4) is 22.4 Å². The van der Waals surface area contributed by atoms with Crippen LogP contribution in [0.5, 0.6) is 0 Å². The molecule has 0 amide bonds. The first kappa shape index (κ1) is 29.7. The quantitative estimate of drug-likeness (QED) is 0.226. The Morgan fingerprint density at radius 1 is 1.12 bits per heavy atom. The molecule has 0 spiro atoms. The summed E-state index contributed by atoms with van der Waals surface area (Å²) in [5, 5.41) is 0. The number of carbonyl (C=O) groups is 2. The molecule has 3 aromatic rings.